The average molecular weight is 687 g/mol. The quantitative estimate of drug-likeness (QED) is 0.173. The lowest BCUT2D eigenvalue weighted by Crippen LogP contribution is -1.91. The molecule has 0 unspecified atom stereocenters. The van der Waals surface area contributed by atoms with E-state index < -0.39 is 0 Å². The van der Waals surface area contributed by atoms with Crippen LogP contribution < -0.4 is 0 Å². The van der Waals surface area contributed by atoms with Crippen molar-refractivity contribution in [2.45, 2.75) is 0 Å². The molecule has 12 aromatic rings. The van der Waals surface area contributed by atoms with Crippen LogP contribution in [-0.4, -0.2) is 0 Å². The maximum atomic E-state index is 6.45. The first-order valence-corrected chi connectivity index (χ1v) is 18.5. The minimum Gasteiger partial charge on any atom is -0.456 e. The van der Waals surface area contributed by atoms with E-state index in [2.05, 4.69) is 170 Å². The van der Waals surface area contributed by atoms with Crippen molar-refractivity contribution in [2.24, 2.45) is 0 Å². The van der Waals surface area contributed by atoms with Gasteiger partial charge in [0.15, 0.2) is 0 Å². The predicted molar refractivity (Wildman–Crippen MR) is 227 cm³/mol. The Morgan fingerprint density at radius 3 is 1.56 bits per heavy atom. The van der Waals surface area contributed by atoms with Crippen LogP contribution in [0.25, 0.3) is 120 Å². The Bertz CT molecular complexity index is 3430. The van der Waals surface area contributed by atoms with Crippen LogP contribution in [0.1, 0.15) is 0 Å². The first-order chi connectivity index (χ1) is 26.7. The molecule has 2 heteroatoms. The number of hydrogen-bond donors (Lipinski definition) is 0. The van der Waals surface area contributed by atoms with Gasteiger partial charge in [-0.2, -0.15) is 0 Å². The van der Waals surface area contributed by atoms with Crippen LogP contribution in [0.5, 0.6) is 0 Å². The fourth-order valence-electron chi connectivity index (χ4n) is 8.88. The molecule has 0 aliphatic heterocycles. The molecule has 54 heavy (non-hydrogen) atoms. The number of furan rings is 2. The molecule has 0 fully saturated rings. The van der Waals surface area contributed by atoms with Crippen LogP contribution >= 0.6 is 0 Å². The zero-order valence-corrected chi connectivity index (χ0v) is 29.1. The minimum atomic E-state index is 0.865. The summed E-state index contributed by atoms with van der Waals surface area (Å²) in [5.74, 6) is 0. The summed E-state index contributed by atoms with van der Waals surface area (Å²) in [6.07, 6.45) is 0. The van der Waals surface area contributed by atoms with Gasteiger partial charge in [0.1, 0.15) is 22.3 Å². The smallest absolute Gasteiger partial charge is 0.143 e. The Labute approximate surface area is 310 Å². The molecule has 2 heterocycles. The van der Waals surface area contributed by atoms with Gasteiger partial charge in [0.25, 0.3) is 0 Å². The van der Waals surface area contributed by atoms with Gasteiger partial charge in [-0.1, -0.05) is 140 Å². The number of hydrogen-bond acceptors (Lipinski definition) is 2. The highest BCUT2D eigenvalue weighted by molar-refractivity contribution is 6.22. The van der Waals surface area contributed by atoms with Crippen LogP contribution in [0.3, 0.4) is 0 Å². The molecule has 0 aliphatic carbocycles. The Balaban J connectivity index is 0.980. The lowest BCUT2D eigenvalue weighted by Gasteiger charge is -2.18. The van der Waals surface area contributed by atoms with Crippen LogP contribution in [-0.2, 0) is 0 Å². The van der Waals surface area contributed by atoms with Gasteiger partial charge in [-0.15, -0.1) is 0 Å². The fraction of sp³-hybridized carbons (Fsp3) is 0. The lowest BCUT2D eigenvalue weighted by atomic mass is 9.85. The fourth-order valence-corrected chi connectivity index (χ4v) is 8.88. The van der Waals surface area contributed by atoms with Gasteiger partial charge in [0.05, 0.1) is 0 Å². The number of fused-ring (bicyclic) bond motifs is 11. The van der Waals surface area contributed by atoms with E-state index in [0.717, 1.165) is 60.2 Å². The summed E-state index contributed by atoms with van der Waals surface area (Å²) < 4.78 is 12.8. The van der Waals surface area contributed by atoms with Crippen molar-refractivity contribution in [3.8, 4) is 33.4 Å². The summed E-state index contributed by atoms with van der Waals surface area (Å²) in [4.78, 5) is 0. The molecule has 2 nitrogen and oxygen atoms in total. The standard InChI is InChI=1S/C52H30O2/c1-2-10-34-27-37(22-19-31(34)9-1)51-41-14-5-3-12-39(41)50(40-13-4-6-15-42(40)51)33-20-17-32(18-21-33)35-24-26-48-45(28-35)46-29-36-23-25-43-38-11-7-8-16-47(38)54-52(43)44(36)30-49(46)53-48/h1-30H. The number of benzene rings is 10. The second kappa shape index (κ2) is 11.2. The molecule has 0 spiro atoms. The number of para-hydroxylation sites is 1. The molecule has 0 atom stereocenters. The van der Waals surface area contributed by atoms with E-state index in [9.17, 15) is 0 Å². The van der Waals surface area contributed by atoms with Crippen molar-refractivity contribution in [3.05, 3.63) is 182 Å². The summed E-state index contributed by atoms with van der Waals surface area (Å²) in [6, 6.07) is 65.8. The summed E-state index contributed by atoms with van der Waals surface area (Å²) >= 11 is 0. The Morgan fingerprint density at radius 1 is 0.241 bits per heavy atom. The molecule has 10 aromatic carbocycles. The van der Waals surface area contributed by atoms with Gasteiger partial charge in [-0.05, 0) is 114 Å². The molecule has 12 rings (SSSR count). The van der Waals surface area contributed by atoms with E-state index in [1.807, 2.05) is 12.1 Å². The molecule has 0 aliphatic rings. The van der Waals surface area contributed by atoms with E-state index in [-0.39, 0.29) is 0 Å². The van der Waals surface area contributed by atoms with Crippen molar-refractivity contribution >= 4 is 87.0 Å². The van der Waals surface area contributed by atoms with Crippen molar-refractivity contribution < 1.29 is 8.83 Å². The van der Waals surface area contributed by atoms with Gasteiger partial charge in [-0.3, -0.25) is 0 Å². The maximum Gasteiger partial charge on any atom is 0.143 e. The molecule has 0 saturated heterocycles. The third-order valence-electron chi connectivity index (χ3n) is 11.4. The molecule has 0 radical (unpaired) electrons. The van der Waals surface area contributed by atoms with E-state index in [1.54, 1.807) is 0 Å². The predicted octanol–water partition coefficient (Wildman–Crippen LogP) is 15.1. The van der Waals surface area contributed by atoms with Gasteiger partial charge in [0.2, 0.25) is 0 Å². The van der Waals surface area contributed by atoms with Gasteiger partial charge in [0, 0.05) is 26.9 Å². The SMILES string of the molecule is c1ccc2cc(-c3c4ccccc4c(-c4ccc(-c5ccc6oc7cc8c(ccc9c%10ccccc%10oc89)cc7c6c5)cc4)c4ccccc34)ccc2c1. The number of rotatable bonds is 3. The van der Waals surface area contributed by atoms with Gasteiger partial charge >= 0.3 is 0 Å². The van der Waals surface area contributed by atoms with E-state index in [4.69, 9.17) is 8.83 Å². The molecule has 0 amide bonds. The molecule has 250 valence electrons. The normalized spacial score (nSPS) is 12.1. The van der Waals surface area contributed by atoms with Gasteiger partial charge in [-0.25, -0.2) is 0 Å². The van der Waals surface area contributed by atoms with Crippen molar-refractivity contribution in [1.29, 1.82) is 0 Å². The Morgan fingerprint density at radius 2 is 0.796 bits per heavy atom. The largest absolute Gasteiger partial charge is 0.456 e. The topological polar surface area (TPSA) is 26.3 Å². The van der Waals surface area contributed by atoms with Crippen molar-refractivity contribution in [1.82, 2.24) is 0 Å². The van der Waals surface area contributed by atoms with E-state index in [0.29, 0.717) is 0 Å². The molecular formula is C52H30O2. The van der Waals surface area contributed by atoms with E-state index in [1.165, 1.54) is 60.1 Å². The van der Waals surface area contributed by atoms with Crippen LogP contribution in [0.15, 0.2) is 191 Å². The molecule has 2 aromatic heterocycles. The third kappa shape index (κ3) is 4.28. The first kappa shape index (κ1) is 29.4. The first-order valence-electron chi connectivity index (χ1n) is 18.5. The summed E-state index contributed by atoms with van der Waals surface area (Å²) in [5.41, 5.74) is 10.9. The highest BCUT2D eigenvalue weighted by Crippen LogP contribution is 2.45. The molecule has 0 bridgehead atoms. The Kier molecular flexibility index (Phi) is 6.09. The Hall–Kier alpha value is -7.16. The summed E-state index contributed by atoms with van der Waals surface area (Å²) in [7, 11) is 0. The monoisotopic (exact) mass is 686 g/mol. The van der Waals surface area contributed by atoms with E-state index >= 15 is 0 Å². The zero-order chi connectivity index (χ0) is 35.3. The third-order valence-corrected chi connectivity index (χ3v) is 11.4. The van der Waals surface area contributed by atoms with Crippen LogP contribution in [0, 0.1) is 0 Å². The minimum absolute atomic E-state index is 0.865. The molecular weight excluding hydrogens is 657 g/mol. The van der Waals surface area contributed by atoms with Crippen molar-refractivity contribution in [2.75, 3.05) is 0 Å². The van der Waals surface area contributed by atoms with Gasteiger partial charge < -0.3 is 8.83 Å². The second-order valence-corrected chi connectivity index (χ2v) is 14.4. The lowest BCUT2D eigenvalue weighted by molar-refractivity contribution is 0.667. The van der Waals surface area contributed by atoms with Crippen LogP contribution in [0.4, 0.5) is 0 Å². The average Bonchev–Trinajstić information content (AvgIpc) is 3.79. The van der Waals surface area contributed by atoms with Crippen molar-refractivity contribution in [3.63, 3.8) is 0 Å². The summed E-state index contributed by atoms with van der Waals surface area (Å²) in [6.45, 7) is 0. The highest BCUT2D eigenvalue weighted by atomic mass is 16.3. The second-order valence-electron chi connectivity index (χ2n) is 14.4. The summed E-state index contributed by atoms with van der Waals surface area (Å²) in [5, 5.41) is 14.2. The highest BCUT2D eigenvalue weighted by Gasteiger charge is 2.18. The zero-order valence-electron chi connectivity index (χ0n) is 29.1. The maximum absolute atomic E-state index is 6.45. The molecule has 0 N–H and O–H groups in total. The van der Waals surface area contributed by atoms with Crippen LogP contribution in [0.2, 0.25) is 0 Å². The molecule has 0 saturated carbocycles.